The van der Waals surface area contributed by atoms with Crippen molar-refractivity contribution >= 4 is 5.65 Å². The van der Waals surface area contributed by atoms with Gasteiger partial charge >= 0.3 is 6.61 Å². The summed E-state index contributed by atoms with van der Waals surface area (Å²) in [5.41, 5.74) is 2.22. The Morgan fingerprint density at radius 3 is 2.62 bits per heavy atom. The SMILES string of the molecule is FC(F)Oc1ccc(-n2ccnc2-c2cnn3cccnc23)cc1. The Morgan fingerprint density at radius 1 is 1.00 bits per heavy atom. The minimum Gasteiger partial charge on any atom is -0.435 e. The second-order valence-electron chi connectivity index (χ2n) is 4.94. The molecule has 6 nitrogen and oxygen atoms in total. The summed E-state index contributed by atoms with van der Waals surface area (Å²) in [6.45, 7) is -2.84. The second kappa shape index (κ2) is 5.73. The average Bonchev–Trinajstić information content (AvgIpc) is 3.21. The number of nitrogens with zero attached hydrogens (tertiary/aromatic N) is 5. The van der Waals surface area contributed by atoms with Crippen LogP contribution in [0.5, 0.6) is 5.75 Å². The number of imidazole rings is 1. The quantitative estimate of drug-likeness (QED) is 0.578. The molecule has 0 aliphatic heterocycles. The molecule has 4 aromatic rings. The molecule has 0 saturated heterocycles. The van der Waals surface area contributed by atoms with Gasteiger partial charge in [0.2, 0.25) is 0 Å². The Kier molecular flexibility index (Phi) is 3.42. The summed E-state index contributed by atoms with van der Waals surface area (Å²) >= 11 is 0. The average molecular weight is 327 g/mol. The number of hydrogen-bond acceptors (Lipinski definition) is 4. The molecule has 0 unspecified atom stereocenters. The Labute approximate surface area is 135 Å². The Balaban J connectivity index is 1.75. The molecule has 3 heterocycles. The van der Waals surface area contributed by atoms with Crippen LogP contribution in [-0.4, -0.2) is 30.8 Å². The standard InChI is InChI=1S/C16H11F2N5O/c17-16(18)24-12-4-2-11(3-5-12)22-9-7-20-14(22)13-10-21-23-8-1-6-19-15(13)23/h1-10,16H. The largest absolute Gasteiger partial charge is 0.435 e. The van der Waals surface area contributed by atoms with Gasteiger partial charge in [0.25, 0.3) is 0 Å². The topological polar surface area (TPSA) is 57.2 Å². The van der Waals surface area contributed by atoms with Crippen molar-refractivity contribution in [3.05, 3.63) is 61.3 Å². The molecule has 0 radical (unpaired) electrons. The van der Waals surface area contributed by atoms with E-state index in [4.69, 9.17) is 0 Å². The molecule has 0 amide bonds. The van der Waals surface area contributed by atoms with E-state index in [2.05, 4.69) is 19.8 Å². The van der Waals surface area contributed by atoms with E-state index in [1.54, 1.807) is 53.7 Å². The highest BCUT2D eigenvalue weighted by Crippen LogP contribution is 2.25. The van der Waals surface area contributed by atoms with E-state index in [9.17, 15) is 8.78 Å². The Morgan fingerprint density at radius 2 is 1.83 bits per heavy atom. The third-order valence-corrected chi connectivity index (χ3v) is 3.50. The van der Waals surface area contributed by atoms with E-state index >= 15 is 0 Å². The van der Waals surface area contributed by atoms with Crippen molar-refractivity contribution in [1.29, 1.82) is 0 Å². The molecular weight excluding hydrogens is 316 g/mol. The first-order valence-corrected chi connectivity index (χ1v) is 7.10. The highest BCUT2D eigenvalue weighted by molar-refractivity contribution is 5.73. The van der Waals surface area contributed by atoms with Gasteiger partial charge in [0, 0.05) is 30.5 Å². The van der Waals surface area contributed by atoms with Crippen molar-refractivity contribution in [2.45, 2.75) is 6.61 Å². The summed E-state index contributed by atoms with van der Waals surface area (Å²) in [4.78, 5) is 8.70. The zero-order chi connectivity index (χ0) is 16.5. The van der Waals surface area contributed by atoms with Crippen LogP contribution >= 0.6 is 0 Å². The molecule has 0 atom stereocenters. The van der Waals surface area contributed by atoms with Crippen LogP contribution in [0.15, 0.2) is 61.3 Å². The lowest BCUT2D eigenvalue weighted by atomic mass is 10.2. The first-order chi connectivity index (χ1) is 11.7. The van der Waals surface area contributed by atoms with Crippen LogP contribution in [0.4, 0.5) is 8.78 Å². The number of rotatable bonds is 4. The van der Waals surface area contributed by atoms with E-state index in [1.165, 1.54) is 12.1 Å². The zero-order valence-electron chi connectivity index (χ0n) is 12.3. The number of hydrogen-bond donors (Lipinski definition) is 0. The van der Waals surface area contributed by atoms with Crippen LogP contribution in [0.25, 0.3) is 22.7 Å². The van der Waals surface area contributed by atoms with Gasteiger partial charge in [-0.05, 0) is 30.3 Å². The third-order valence-electron chi connectivity index (χ3n) is 3.50. The van der Waals surface area contributed by atoms with Gasteiger partial charge in [-0.2, -0.15) is 13.9 Å². The molecule has 0 aliphatic carbocycles. The summed E-state index contributed by atoms with van der Waals surface area (Å²) in [6.07, 6.45) is 8.62. The monoisotopic (exact) mass is 327 g/mol. The molecule has 0 spiro atoms. The maximum absolute atomic E-state index is 12.2. The van der Waals surface area contributed by atoms with Gasteiger partial charge < -0.3 is 4.74 Å². The fourth-order valence-electron chi connectivity index (χ4n) is 2.48. The van der Waals surface area contributed by atoms with Gasteiger partial charge in [0.05, 0.1) is 11.8 Å². The summed E-state index contributed by atoms with van der Waals surface area (Å²) in [5.74, 6) is 0.763. The van der Waals surface area contributed by atoms with E-state index in [0.717, 1.165) is 11.3 Å². The van der Waals surface area contributed by atoms with Crippen LogP contribution < -0.4 is 4.74 Å². The molecule has 120 valence electrons. The third kappa shape index (κ3) is 2.47. The smallest absolute Gasteiger partial charge is 0.387 e. The van der Waals surface area contributed by atoms with Crippen LogP contribution in [-0.2, 0) is 0 Å². The molecule has 1 aromatic carbocycles. The highest BCUT2D eigenvalue weighted by atomic mass is 19.3. The van der Waals surface area contributed by atoms with Gasteiger partial charge in [0.1, 0.15) is 11.6 Å². The van der Waals surface area contributed by atoms with Gasteiger partial charge in [0.15, 0.2) is 5.65 Å². The van der Waals surface area contributed by atoms with Crippen molar-refractivity contribution in [3.63, 3.8) is 0 Å². The zero-order valence-corrected chi connectivity index (χ0v) is 12.3. The summed E-state index contributed by atoms with van der Waals surface area (Å²) in [6, 6.07) is 8.13. The fourth-order valence-corrected chi connectivity index (χ4v) is 2.48. The normalized spacial score (nSPS) is 11.3. The van der Waals surface area contributed by atoms with E-state index in [1.807, 2.05) is 4.57 Å². The molecule has 8 heteroatoms. The summed E-state index contributed by atoms with van der Waals surface area (Å²) in [7, 11) is 0. The minimum absolute atomic E-state index is 0.105. The molecule has 0 saturated carbocycles. The predicted molar refractivity (Wildman–Crippen MR) is 82.2 cm³/mol. The lowest BCUT2D eigenvalue weighted by Gasteiger charge is -2.09. The van der Waals surface area contributed by atoms with E-state index in [-0.39, 0.29) is 5.75 Å². The number of aromatic nitrogens is 5. The summed E-state index contributed by atoms with van der Waals surface area (Å²) < 4.78 is 32.3. The van der Waals surface area contributed by atoms with Crippen LogP contribution in [0, 0.1) is 0 Å². The first-order valence-electron chi connectivity index (χ1n) is 7.10. The van der Waals surface area contributed by atoms with Gasteiger partial charge in [-0.15, -0.1) is 0 Å². The van der Waals surface area contributed by atoms with Crippen molar-refractivity contribution in [2.24, 2.45) is 0 Å². The number of benzene rings is 1. The van der Waals surface area contributed by atoms with Crippen molar-refractivity contribution in [3.8, 4) is 22.8 Å². The Hall–Kier alpha value is -3.29. The maximum atomic E-state index is 12.2. The van der Waals surface area contributed by atoms with Crippen molar-refractivity contribution in [2.75, 3.05) is 0 Å². The Bertz CT molecular complexity index is 977. The van der Waals surface area contributed by atoms with Crippen LogP contribution in [0.2, 0.25) is 0 Å². The highest BCUT2D eigenvalue weighted by Gasteiger charge is 2.14. The van der Waals surface area contributed by atoms with E-state index in [0.29, 0.717) is 11.5 Å². The number of fused-ring (bicyclic) bond motifs is 1. The lowest BCUT2D eigenvalue weighted by molar-refractivity contribution is -0.0498. The second-order valence-corrected chi connectivity index (χ2v) is 4.94. The van der Waals surface area contributed by atoms with Gasteiger partial charge in [-0.3, -0.25) is 4.57 Å². The van der Waals surface area contributed by atoms with E-state index < -0.39 is 6.61 Å². The maximum Gasteiger partial charge on any atom is 0.387 e. The predicted octanol–water partition coefficient (Wildman–Crippen LogP) is 3.18. The van der Waals surface area contributed by atoms with Crippen LogP contribution in [0.1, 0.15) is 0 Å². The first kappa shape index (κ1) is 14.3. The number of halogens is 2. The molecule has 0 fully saturated rings. The molecular formula is C16H11F2N5O. The molecule has 24 heavy (non-hydrogen) atoms. The summed E-state index contributed by atoms with van der Waals surface area (Å²) in [5, 5.41) is 4.25. The number of alkyl halides is 2. The van der Waals surface area contributed by atoms with Crippen LogP contribution in [0.3, 0.4) is 0 Å². The van der Waals surface area contributed by atoms with Crippen molar-refractivity contribution in [1.82, 2.24) is 24.1 Å². The molecule has 3 aromatic heterocycles. The minimum atomic E-state index is -2.84. The lowest BCUT2D eigenvalue weighted by Crippen LogP contribution is -2.02. The molecule has 0 aliphatic rings. The van der Waals surface area contributed by atoms with Crippen molar-refractivity contribution < 1.29 is 13.5 Å². The molecule has 0 bridgehead atoms. The molecule has 4 rings (SSSR count). The fraction of sp³-hybridized carbons (Fsp3) is 0.0625. The number of ether oxygens (including phenoxy) is 1. The van der Waals surface area contributed by atoms with Gasteiger partial charge in [-0.1, -0.05) is 0 Å². The van der Waals surface area contributed by atoms with Gasteiger partial charge in [-0.25, -0.2) is 14.5 Å². The molecule has 0 N–H and O–H groups in total.